The molecule has 0 unspecified atom stereocenters. The zero-order chi connectivity index (χ0) is 10.8. The van der Waals surface area contributed by atoms with E-state index in [1.807, 2.05) is 12.1 Å². The summed E-state index contributed by atoms with van der Waals surface area (Å²) in [4.78, 5) is 0. The number of hydrogen-bond donors (Lipinski definition) is 1. The molecule has 1 fully saturated rings. The Bertz CT molecular complexity index is 349. The van der Waals surface area contributed by atoms with Crippen molar-refractivity contribution in [3.8, 4) is 5.75 Å². The van der Waals surface area contributed by atoms with E-state index in [0.29, 0.717) is 0 Å². The van der Waals surface area contributed by atoms with Crippen LogP contribution in [0.2, 0.25) is 0 Å². The number of benzene rings is 1. The number of nitrogens with two attached hydrogens (primary N) is 1. The molecule has 0 bridgehead atoms. The molecule has 2 nitrogen and oxygen atoms in total. The van der Waals surface area contributed by atoms with Crippen LogP contribution in [0.3, 0.4) is 0 Å². The SMILES string of the molecule is COc1ccc(Br)cc1[C@H](N)CC1CC1. The van der Waals surface area contributed by atoms with Gasteiger partial charge in [-0.25, -0.2) is 0 Å². The number of rotatable bonds is 4. The second-order valence-corrected chi connectivity index (χ2v) is 5.09. The van der Waals surface area contributed by atoms with Crippen LogP contribution >= 0.6 is 15.9 Å². The minimum Gasteiger partial charge on any atom is -0.496 e. The first-order valence-electron chi connectivity index (χ1n) is 5.29. The molecule has 1 aromatic rings. The second-order valence-electron chi connectivity index (χ2n) is 4.17. The molecule has 1 aliphatic rings. The van der Waals surface area contributed by atoms with Crippen molar-refractivity contribution in [2.75, 3.05) is 7.11 Å². The molecule has 0 heterocycles. The van der Waals surface area contributed by atoms with Gasteiger partial charge in [-0.05, 0) is 30.5 Å². The lowest BCUT2D eigenvalue weighted by atomic mass is 10.0. The molecule has 2 rings (SSSR count). The summed E-state index contributed by atoms with van der Waals surface area (Å²) in [6, 6.07) is 6.11. The van der Waals surface area contributed by atoms with Gasteiger partial charge in [-0.2, -0.15) is 0 Å². The number of ether oxygens (including phenoxy) is 1. The molecule has 82 valence electrons. The minimum absolute atomic E-state index is 0.102. The Morgan fingerprint density at radius 3 is 2.87 bits per heavy atom. The third-order valence-electron chi connectivity index (χ3n) is 2.88. The monoisotopic (exact) mass is 269 g/mol. The molecule has 1 saturated carbocycles. The van der Waals surface area contributed by atoms with Gasteiger partial charge in [-0.1, -0.05) is 28.8 Å². The van der Waals surface area contributed by atoms with E-state index in [1.54, 1.807) is 7.11 Å². The molecular weight excluding hydrogens is 254 g/mol. The van der Waals surface area contributed by atoms with Gasteiger partial charge < -0.3 is 10.5 Å². The number of hydrogen-bond acceptors (Lipinski definition) is 2. The van der Waals surface area contributed by atoms with Crippen molar-refractivity contribution in [3.63, 3.8) is 0 Å². The standard InChI is InChI=1S/C12H16BrNO/c1-15-12-5-4-9(13)7-10(12)11(14)6-8-2-3-8/h4-5,7-8,11H,2-3,6,14H2,1H3/t11-/m1/s1. The van der Waals surface area contributed by atoms with Gasteiger partial charge in [-0.3, -0.25) is 0 Å². The Morgan fingerprint density at radius 2 is 2.27 bits per heavy atom. The molecule has 15 heavy (non-hydrogen) atoms. The van der Waals surface area contributed by atoms with Gasteiger partial charge in [0.1, 0.15) is 5.75 Å². The van der Waals surface area contributed by atoms with Gasteiger partial charge in [0.25, 0.3) is 0 Å². The van der Waals surface area contributed by atoms with Gasteiger partial charge in [0.15, 0.2) is 0 Å². The Hall–Kier alpha value is -0.540. The van der Waals surface area contributed by atoms with E-state index in [-0.39, 0.29) is 6.04 Å². The molecule has 0 amide bonds. The quantitative estimate of drug-likeness (QED) is 0.911. The highest BCUT2D eigenvalue weighted by Gasteiger charge is 2.25. The van der Waals surface area contributed by atoms with E-state index in [0.717, 1.165) is 28.1 Å². The molecule has 1 atom stereocenters. The largest absolute Gasteiger partial charge is 0.496 e. The molecule has 0 radical (unpaired) electrons. The molecule has 0 spiro atoms. The van der Waals surface area contributed by atoms with Gasteiger partial charge >= 0.3 is 0 Å². The van der Waals surface area contributed by atoms with E-state index in [9.17, 15) is 0 Å². The molecule has 1 aromatic carbocycles. The van der Waals surface area contributed by atoms with Crippen molar-refractivity contribution < 1.29 is 4.74 Å². The average molecular weight is 270 g/mol. The first-order chi connectivity index (χ1) is 7.20. The third-order valence-corrected chi connectivity index (χ3v) is 3.37. The fraction of sp³-hybridized carbons (Fsp3) is 0.500. The summed E-state index contributed by atoms with van der Waals surface area (Å²) in [6.45, 7) is 0. The maximum absolute atomic E-state index is 6.18. The lowest BCUT2D eigenvalue weighted by Crippen LogP contribution is -2.12. The average Bonchev–Trinajstić information content (AvgIpc) is 3.01. The van der Waals surface area contributed by atoms with Crippen LogP contribution in [0.1, 0.15) is 30.9 Å². The van der Waals surface area contributed by atoms with Crippen molar-refractivity contribution in [3.05, 3.63) is 28.2 Å². The summed E-state index contributed by atoms with van der Waals surface area (Å²) in [5.74, 6) is 1.73. The summed E-state index contributed by atoms with van der Waals surface area (Å²) in [5, 5.41) is 0. The molecule has 3 heteroatoms. The van der Waals surface area contributed by atoms with Crippen LogP contribution in [0.15, 0.2) is 22.7 Å². The topological polar surface area (TPSA) is 35.2 Å². The molecule has 2 N–H and O–H groups in total. The number of halogens is 1. The van der Waals surface area contributed by atoms with Crippen molar-refractivity contribution in [1.29, 1.82) is 0 Å². The summed E-state index contributed by atoms with van der Waals surface area (Å²) < 4.78 is 6.38. The van der Waals surface area contributed by atoms with Crippen LogP contribution in [0.4, 0.5) is 0 Å². The van der Waals surface area contributed by atoms with Crippen LogP contribution < -0.4 is 10.5 Å². The summed E-state index contributed by atoms with van der Waals surface area (Å²) >= 11 is 3.46. The predicted molar refractivity (Wildman–Crippen MR) is 65.0 cm³/mol. The summed E-state index contributed by atoms with van der Waals surface area (Å²) in [5.41, 5.74) is 7.29. The van der Waals surface area contributed by atoms with Crippen molar-refractivity contribution >= 4 is 15.9 Å². The maximum Gasteiger partial charge on any atom is 0.123 e. The van der Waals surface area contributed by atoms with Crippen molar-refractivity contribution in [1.82, 2.24) is 0 Å². The Kier molecular flexibility index (Phi) is 3.32. The third kappa shape index (κ3) is 2.73. The van der Waals surface area contributed by atoms with Gasteiger partial charge in [0, 0.05) is 16.1 Å². The first-order valence-corrected chi connectivity index (χ1v) is 6.09. The normalized spacial score (nSPS) is 17.5. The predicted octanol–water partition coefficient (Wildman–Crippen LogP) is 3.26. The summed E-state index contributed by atoms with van der Waals surface area (Å²) in [7, 11) is 1.69. The van der Waals surface area contributed by atoms with Gasteiger partial charge in [0.05, 0.1) is 7.11 Å². The Morgan fingerprint density at radius 1 is 1.53 bits per heavy atom. The van der Waals surface area contributed by atoms with Crippen LogP contribution in [0, 0.1) is 5.92 Å². The van der Waals surface area contributed by atoms with Crippen LogP contribution in [0.5, 0.6) is 5.75 Å². The van der Waals surface area contributed by atoms with E-state index < -0.39 is 0 Å². The van der Waals surface area contributed by atoms with Crippen molar-refractivity contribution in [2.24, 2.45) is 11.7 Å². The van der Waals surface area contributed by atoms with E-state index in [2.05, 4.69) is 22.0 Å². The maximum atomic E-state index is 6.18. The van der Waals surface area contributed by atoms with E-state index in [4.69, 9.17) is 10.5 Å². The van der Waals surface area contributed by atoms with Gasteiger partial charge in [-0.15, -0.1) is 0 Å². The van der Waals surface area contributed by atoms with E-state index >= 15 is 0 Å². The lowest BCUT2D eigenvalue weighted by Gasteiger charge is -2.15. The second kappa shape index (κ2) is 4.54. The highest BCUT2D eigenvalue weighted by Crippen LogP contribution is 2.39. The molecule has 0 saturated heterocycles. The zero-order valence-electron chi connectivity index (χ0n) is 8.87. The van der Waals surface area contributed by atoms with Crippen LogP contribution in [0.25, 0.3) is 0 Å². The zero-order valence-corrected chi connectivity index (χ0v) is 10.5. The Labute approximate surface area is 98.9 Å². The lowest BCUT2D eigenvalue weighted by molar-refractivity contribution is 0.403. The highest BCUT2D eigenvalue weighted by atomic mass is 79.9. The molecule has 0 aliphatic heterocycles. The number of methoxy groups -OCH3 is 1. The van der Waals surface area contributed by atoms with Crippen LogP contribution in [-0.4, -0.2) is 7.11 Å². The van der Waals surface area contributed by atoms with Crippen molar-refractivity contribution in [2.45, 2.75) is 25.3 Å². The molecule has 0 aromatic heterocycles. The smallest absolute Gasteiger partial charge is 0.123 e. The Balaban J connectivity index is 2.18. The molecule has 1 aliphatic carbocycles. The fourth-order valence-corrected chi connectivity index (χ4v) is 2.21. The highest BCUT2D eigenvalue weighted by molar-refractivity contribution is 9.10. The van der Waals surface area contributed by atoms with E-state index in [1.165, 1.54) is 12.8 Å². The first kappa shape index (κ1) is 11.0. The fourth-order valence-electron chi connectivity index (χ4n) is 1.83. The van der Waals surface area contributed by atoms with Gasteiger partial charge in [0.2, 0.25) is 0 Å². The molecular formula is C12H16BrNO. The minimum atomic E-state index is 0.102. The summed E-state index contributed by atoms with van der Waals surface area (Å²) in [6.07, 6.45) is 3.75. The van der Waals surface area contributed by atoms with Crippen LogP contribution in [-0.2, 0) is 0 Å².